The minimum absolute atomic E-state index is 0.773. The SMILES string of the molecule is c1c[nH]c(N2CCC3CCCCC32)n1. The molecular weight excluding hydrogens is 174 g/mol. The molecule has 1 aromatic heterocycles. The van der Waals surface area contributed by atoms with Crippen LogP contribution >= 0.6 is 0 Å². The van der Waals surface area contributed by atoms with Crippen LogP contribution in [0.15, 0.2) is 12.4 Å². The molecule has 1 aromatic rings. The van der Waals surface area contributed by atoms with Crippen molar-refractivity contribution in [2.45, 2.75) is 38.1 Å². The Bertz CT molecular complexity index is 293. The lowest BCUT2D eigenvalue weighted by Crippen LogP contribution is -2.35. The van der Waals surface area contributed by atoms with Gasteiger partial charge in [0.15, 0.2) is 0 Å². The van der Waals surface area contributed by atoms with E-state index < -0.39 is 0 Å². The van der Waals surface area contributed by atoms with Crippen molar-refractivity contribution >= 4 is 5.95 Å². The van der Waals surface area contributed by atoms with E-state index in [1.807, 2.05) is 12.4 Å². The summed E-state index contributed by atoms with van der Waals surface area (Å²) in [4.78, 5) is 10.1. The molecule has 0 spiro atoms. The molecule has 0 bridgehead atoms. The summed E-state index contributed by atoms with van der Waals surface area (Å²) in [5, 5.41) is 0. The van der Waals surface area contributed by atoms with E-state index in [1.165, 1.54) is 38.6 Å². The van der Waals surface area contributed by atoms with Gasteiger partial charge in [-0.15, -0.1) is 0 Å². The van der Waals surface area contributed by atoms with Crippen LogP contribution in [-0.2, 0) is 0 Å². The maximum absolute atomic E-state index is 4.36. The van der Waals surface area contributed by atoms with Gasteiger partial charge in [0, 0.05) is 25.0 Å². The molecule has 1 aliphatic carbocycles. The molecule has 1 N–H and O–H groups in total. The van der Waals surface area contributed by atoms with Crippen LogP contribution in [0, 0.1) is 5.92 Å². The van der Waals surface area contributed by atoms with Crippen LogP contribution in [0.5, 0.6) is 0 Å². The summed E-state index contributed by atoms with van der Waals surface area (Å²) in [6, 6.07) is 0.773. The summed E-state index contributed by atoms with van der Waals surface area (Å²) in [6.07, 6.45) is 10.8. The van der Waals surface area contributed by atoms with Crippen LogP contribution in [0.3, 0.4) is 0 Å². The molecular formula is C11H17N3. The Morgan fingerprint density at radius 2 is 2.21 bits per heavy atom. The lowest BCUT2D eigenvalue weighted by molar-refractivity contribution is 0.341. The van der Waals surface area contributed by atoms with E-state index in [0.29, 0.717) is 0 Å². The second-order valence-corrected chi connectivity index (χ2v) is 4.51. The molecule has 1 aliphatic heterocycles. The van der Waals surface area contributed by atoms with Gasteiger partial charge < -0.3 is 9.88 Å². The maximum Gasteiger partial charge on any atom is 0.202 e. The van der Waals surface area contributed by atoms with Gasteiger partial charge in [-0.2, -0.15) is 0 Å². The van der Waals surface area contributed by atoms with Gasteiger partial charge in [-0.3, -0.25) is 0 Å². The molecule has 3 heteroatoms. The molecule has 2 fully saturated rings. The number of nitrogens with zero attached hydrogens (tertiary/aromatic N) is 2. The van der Waals surface area contributed by atoms with Gasteiger partial charge in [0.1, 0.15) is 0 Å². The average molecular weight is 191 g/mol. The third-order valence-electron chi connectivity index (χ3n) is 3.77. The van der Waals surface area contributed by atoms with Crippen molar-refractivity contribution in [2.75, 3.05) is 11.4 Å². The first-order chi connectivity index (χ1) is 6.95. The quantitative estimate of drug-likeness (QED) is 0.737. The number of fused-ring (bicyclic) bond motifs is 1. The third kappa shape index (κ3) is 1.22. The standard InChI is InChI=1S/C11H17N3/c1-2-4-10-9(3-1)5-8-14(10)11-12-6-7-13-11/h6-7,9-10H,1-5,8H2,(H,12,13). The van der Waals surface area contributed by atoms with Crippen molar-refractivity contribution in [3.8, 4) is 0 Å². The summed E-state index contributed by atoms with van der Waals surface area (Å²) in [7, 11) is 0. The van der Waals surface area contributed by atoms with Crippen molar-refractivity contribution in [2.24, 2.45) is 5.92 Å². The molecule has 0 radical (unpaired) electrons. The normalized spacial score (nSPS) is 31.9. The monoisotopic (exact) mass is 191 g/mol. The van der Waals surface area contributed by atoms with E-state index in [-0.39, 0.29) is 0 Å². The Balaban J connectivity index is 1.82. The van der Waals surface area contributed by atoms with E-state index in [9.17, 15) is 0 Å². The van der Waals surface area contributed by atoms with Gasteiger partial charge in [-0.25, -0.2) is 4.98 Å². The first-order valence-corrected chi connectivity index (χ1v) is 5.71. The number of nitrogens with one attached hydrogen (secondary N) is 1. The van der Waals surface area contributed by atoms with Crippen LogP contribution < -0.4 is 4.90 Å². The van der Waals surface area contributed by atoms with Crippen molar-refractivity contribution in [3.05, 3.63) is 12.4 Å². The summed E-state index contributed by atoms with van der Waals surface area (Å²) >= 11 is 0. The van der Waals surface area contributed by atoms with Gasteiger partial charge in [-0.05, 0) is 25.2 Å². The van der Waals surface area contributed by atoms with Crippen molar-refractivity contribution in [3.63, 3.8) is 0 Å². The highest BCUT2D eigenvalue weighted by atomic mass is 15.3. The Labute approximate surface area is 84.5 Å². The van der Waals surface area contributed by atoms with Crippen LogP contribution in [-0.4, -0.2) is 22.6 Å². The van der Waals surface area contributed by atoms with E-state index in [0.717, 1.165) is 17.9 Å². The van der Waals surface area contributed by atoms with Crippen molar-refractivity contribution in [1.82, 2.24) is 9.97 Å². The molecule has 76 valence electrons. The molecule has 2 aliphatic rings. The lowest BCUT2D eigenvalue weighted by atomic mass is 9.85. The molecule has 3 nitrogen and oxygen atoms in total. The highest BCUT2D eigenvalue weighted by molar-refractivity contribution is 5.33. The minimum atomic E-state index is 0.773. The van der Waals surface area contributed by atoms with E-state index in [1.54, 1.807) is 0 Å². The zero-order chi connectivity index (χ0) is 9.38. The predicted octanol–water partition coefficient (Wildman–Crippen LogP) is 2.18. The Morgan fingerprint density at radius 1 is 1.29 bits per heavy atom. The Hall–Kier alpha value is -0.990. The molecule has 3 rings (SSSR count). The number of rotatable bonds is 1. The van der Waals surface area contributed by atoms with Gasteiger partial charge >= 0.3 is 0 Å². The number of imidazole rings is 1. The second kappa shape index (κ2) is 3.30. The van der Waals surface area contributed by atoms with Crippen molar-refractivity contribution in [1.29, 1.82) is 0 Å². The van der Waals surface area contributed by atoms with E-state index in [2.05, 4.69) is 14.9 Å². The Morgan fingerprint density at radius 3 is 3.07 bits per heavy atom. The molecule has 2 unspecified atom stereocenters. The van der Waals surface area contributed by atoms with Gasteiger partial charge in [0.25, 0.3) is 0 Å². The Kier molecular flexibility index (Phi) is 1.96. The van der Waals surface area contributed by atoms with Crippen LogP contribution in [0.4, 0.5) is 5.95 Å². The van der Waals surface area contributed by atoms with Crippen molar-refractivity contribution < 1.29 is 0 Å². The summed E-state index contributed by atoms with van der Waals surface area (Å²) in [5.74, 6) is 2.02. The highest BCUT2D eigenvalue weighted by Crippen LogP contribution is 2.37. The highest BCUT2D eigenvalue weighted by Gasteiger charge is 2.36. The number of aromatic nitrogens is 2. The van der Waals surface area contributed by atoms with Crippen LogP contribution in [0.1, 0.15) is 32.1 Å². The number of H-pyrrole nitrogens is 1. The van der Waals surface area contributed by atoms with Gasteiger partial charge in [0.2, 0.25) is 5.95 Å². The fourth-order valence-corrected chi connectivity index (χ4v) is 3.08. The first kappa shape index (κ1) is 8.33. The minimum Gasteiger partial charge on any atom is -0.339 e. The molecule has 1 saturated heterocycles. The largest absolute Gasteiger partial charge is 0.339 e. The van der Waals surface area contributed by atoms with Crippen LogP contribution in [0.2, 0.25) is 0 Å². The molecule has 2 atom stereocenters. The molecule has 0 amide bonds. The molecule has 2 heterocycles. The topological polar surface area (TPSA) is 31.9 Å². The second-order valence-electron chi connectivity index (χ2n) is 4.51. The summed E-state index contributed by atoms with van der Waals surface area (Å²) in [5.41, 5.74) is 0. The fourth-order valence-electron chi connectivity index (χ4n) is 3.08. The third-order valence-corrected chi connectivity index (χ3v) is 3.77. The zero-order valence-electron chi connectivity index (χ0n) is 8.45. The van der Waals surface area contributed by atoms with Gasteiger partial charge in [0.05, 0.1) is 0 Å². The number of hydrogen-bond acceptors (Lipinski definition) is 2. The van der Waals surface area contributed by atoms with Crippen LogP contribution in [0.25, 0.3) is 0 Å². The lowest BCUT2D eigenvalue weighted by Gasteiger charge is -2.31. The van der Waals surface area contributed by atoms with E-state index >= 15 is 0 Å². The smallest absolute Gasteiger partial charge is 0.202 e. The van der Waals surface area contributed by atoms with E-state index in [4.69, 9.17) is 0 Å². The number of aromatic amines is 1. The fraction of sp³-hybridized carbons (Fsp3) is 0.727. The summed E-state index contributed by atoms with van der Waals surface area (Å²) < 4.78 is 0. The predicted molar refractivity (Wildman–Crippen MR) is 56.3 cm³/mol. The molecule has 1 saturated carbocycles. The number of anilines is 1. The zero-order valence-corrected chi connectivity index (χ0v) is 8.45. The molecule has 0 aromatic carbocycles. The summed E-state index contributed by atoms with van der Waals surface area (Å²) in [6.45, 7) is 1.20. The average Bonchev–Trinajstić information content (AvgIpc) is 2.85. The molecule has 14 heavy (non-hydrogen) atoms. The number of hydrogen-bond donors (Lipinski definition) is 1. The maximum atomic E-state index is 4.36. The first-order valence-electron chi connectivity index (χ1n) is 5.71. The van der Waals surface area contributed by atoms with Gasteiger partial charge in [-0.1, -0.05) is 12.8 Å².